The molecular formula is C21H29N3O3S. The van der Waals surface area contributed by atoms with Crippen LogP contribution in [0.2, 0.25) is 0 Å². The average Bonchev–Trinajstić information content (AvgIpc) is 3.19. The van der Waals surface area contributed by atoms with E-state index in [1.165, 1.54) is 18.4 Å². The second-order valence-corrected chi connectivity index (χ2v) is 7.83. The molecule has 1 aromatic carbocycles. The van der Waals surface area contributed by atoms with Crippen LogP contribution in [-0.2, 0) is 16.1 Å². The van der Waals surface area contributed by atoms with Gasteiger partial charge in [0.1, 0.15) is 6.61 Å². The van der Waals surface area contributed by atoms with Gasteiger partial charge >= 0.3 is 0 Å². The number of carbonyl (C=O) groups is 2. The first-order chi connectivity index (χ1) is 13.4. The molecule has 0 fully saturated rings. The summed E-state index contributed by atoms with van der Waals surface area (Å²) in [6, 6.07) is 9.60. The number of benzene rings is 1. The summed E-state index contributed by atoms with van der Waals surface area (Å²) in [5, 5.41) is 4.75. The highest BCUT2D eigenvalue weighted by Gasteiger charge is 2.23. The summed E-state index contributed by atoms with van der Waals surface area (Å²) < 4.78 is 4.88. The van der Waals surface area contributed by atoms with Gasteiger partial charge in [-0.15, -0.1) is 11.3 Å². The average molecular weight is 404 g/mol. The molecule has 0 unspecified atom stereocenters. The molecule has 6 nitrogen and oxygen atoms in total. The number of hydrogen-bond acceptors (Lipinski definition) is 5. The molecule has 1 heterocycles. The van der Waals surface area contributed by atoms with Crippen molar-refractivity contribution in [1.29, 1.82) is 0 Å². The van der Waals surface area contributed by atoms with Crippen LogP contribution in [0.5, 0.6) is 0 Å². The first-order valence-corrected chi connectivity index (χ1v) is 10.2. The van der Waals surface area contributed by atoms with Gasteiger partial charge in [0.15, 0.2) is 0 Å². The van der Waals surface area contributed by atoms with Gasteiger partial charge in [-0.25, -0.2) is 0 Å². The van der Waals surface area contributed by atoms with E-state index in [1.54, 1.807) is 0 Å². The molecule has 2 aromatic rings. The number of hydrogen-bond donors (Lipinski definition) is 1. The zero-order valence-electron chi connectivity index (χ0n) is 17.2. The third kappa shape index (κ3) is 5.56. The number of amides is 2. The molecule has 0 spiro atoms. The van der Waals surface area contributed by atoms with Gasteiger partial charge in [-0.2, -0.15) is 0 Å². The smallest absolute Gasteiger partial charge is 0.264 e. The lowest BCUT2D eigenvalue weighted by molar-refractivity contribution is -0.119. The van der Waals surface area contributed by atoms with Crippen molar-refractivity contribution in [3.05, 3.63) is 46.2 Å². The van der Waals surface area contributed by atoms with Gasteiger partial charge in [0.25, 0.3) is 5.91 Å². The molecule has 0 saturated carbocycles. The van der Waals surface area contributed by atoms with Gasteiger partial charge in [-0.05, 0) is 48.6 Å². The van der Waals surface area contributed by atoms with Gasteiger partial charge in [0.05, 0.1) is 4.88 Å². The fraction of sp³-hybridized carbons (Fsp3) is 0.429. The van der Waals surface area contributed by atoms with Crippen molar-refractivity contribution in [2.24, 2.45) is 0 Å². The Morgan fingerprint density at radius 1 is 1.25 bits per heavy atom. The van der Waals surface area contributed by atoms with Gasteiger partial charge < -0.3 is 19.9 Å². The second-order valence-electron chi connectivity index (χ2n) is 6.89. The molecular weight excluding hydrogens is 374 g/mol. The number of methoxy groups -OCH3 is 1. The SMILES string of the molecule is CC[C@H](C)N(Cc1cc(NC(=O)COC)ccc1N(C)C)C(=O)c1cccs1. The summed E-state index contributed by atoms with van der Waals surface area (Å²) in [6.45, 7) is 4.60. The summed E-state index contributed by atoms with van der Waals surface area (Å²) in [5.41, 5.74) is 2.68. The predicted molar refractivity (Wildman–Crippen MR) is 115 cm³/mol. The Bertz CT molecular complexity index is 790. The van der Waals surface area contributed by atoms with Gasteiger partial charge in [-0.3, -0.25) is 9.59 Å². The Morgan fingerprint density at radius 2 is 2.00 bits per heavy atom. The Morgan fingerprint density at radius 3 is 2.57 bits per heavy atom. The molecule has 0 aliphatic carbocycles. The molecule has 7 heteroatoms. The molecule has 2 rings (SSSR count). The van der Waals surface area contributed by atoms with Gasteiger partial charge in [0.2, 0.25) is 5.91 Å². The topological polar surface area (TPSA) is 61.9 Å². The van der Waals surface area contributed by atoms with Crippen LogP contribution < -0.4 is 10.2 Å². The number of ether oxygens (including phenoxy) is 1. The molecule has 0 aliphatic rings. The maximum Gasteiger partial charge on any atom is 0.264 e. The summed E-state index contributed by atoms with van der Waals surface area (Å²) >= 11 is 1.45. The third-order valence-electron chi connectivity index (χ3n) is 4.58. The molecule has 0 saturated heterocycles. The fourth-order valence-corrected chi connectivity index (χ4v) is 3.61. The van der Waals surface area contributed by atoms with E-state index in [2.05, 4.69) is 19.2 Å². The van der Waals surface area contributed by atoms with E-state index in [1.807, 2.05) is 59.6 Å². The minimum absolute atomic E-state index is 0.000618. The lowest BCUT2D eigenvalue weighted by atomic mass is 10.1. The zero-order valence-corrected chi connectivity index (χ0v) is 18.0. The van der Waals surface area contributed by atoms with Crippen LogP contribution in [-0.4, -0.2) is 50.6 Å². The van der Waals surface area contributed by atoms with Crippen LogP contribution in [0, 0.1) is 0 Å². The Balaban J connectivity index is 2.35. The van der Waals surface area contributed by atoms with Crippen molar-refractivity contribution in [3.63, 3.8) is 0 Å². The van der Waals surface area contributed by atoms with Crippen molar-refractivity contribution in [2.45, 2.75) is 32.9 Å². The minimum Gasteiger partial charge on any atom is -0.377 e. The van der Waals surface area contributed by atoms with Crippen molar-refractivity contribution in [3.8, 4) is 0 Å². The van der Waals surface area contributed by atoms with Crippen molar-refractivity contribution in [2.75, 3.05) is 38.0 Å². The van der Waals surface area contributed by atoms with Crippen molar-refractivity contribution >= 4 is 34.5 Å². The molecule has 0 bridgehead atoms. The first kappa shape index (κ1) is 21.9. The van der Waals surface area contributed by atoms with Gasteiger partial charge in [0, 0.05) is 45.2 Å². The summed E-state index contributed by atoms with van der Waals surface area (Å²) in [5.74, 6) is -0.178. The minimum atomic E-state index is -0.209. The maximum atomic E-state index is 13.1. The van der Waals surface area contributed by atoms with Crippen LogP contribution >= 0.6 is 11.3 Å². The first-order valence-electron chi connectivity index (χ1n) is 9.30. The van der Waals surface area contributed by atoms with E-state index in [0.29, 0.717) is 12.2 Å². The quantitative estimate of drug-likeness (QED) is 0.691. The van der Waals surface area contributed by atoms with Crippen LogP contribution in [0.3, 0.4) is 0 Å². The number of carbonyl (C=O) groups excluding carboxylic acids is 2. The summed E-state index contributed by atoms with van der Waals surface area (Å²) in [7, 11) is 5.42. The summed E-state index contributed by atoms with van der Waals surface area (Å²) in [6.07, 6.45) is 0.860. The Kier molecular flexibility index (Phi) is 8.02. The second kappa shape index (κ2) is 10.2. The molecule has 28 heavy (non-hydrogen) atoms. The lowest BCUT2D eigenvalue weighted by Gasteiger charge is -2.30. The molecule has 2 amide bonds. The van der Waals surface area contributed by atoms with E-state index >= 15 is 0 Å². The summed E-state index contributed by atoms with van der Waals surface area (Å²) in [4.78, 5) is 29.6. The van der Waals surface area contributed by atoms with Crippen LogP contribution in [0.15, 0.2) is 35.7 Å². The highest BCUT2D eigenvalue weighted by atomic mass is 32.1. The number of thiophene rings is 1. The van der Waals surface area contributed by atoms with Crippen LogP contribution in [0.4, 0.5) is 11.4 Å². The van der Waals surface area contributed by atoms with Crippen LogP contribution in [0.25, 0.3) is 0 Å². The predicted octanol–water partition coefficient (Wildman–Crippen LogP) is 3.84. The number of anilines is 2. The molecule has 152 valence electrons. The van der Waals surface area contributed by atoms with E-state index in [0.717, 1.165) is 22.5 Å². The Hall–Kier alpha value is -2.38. The monoisotopic (exact) mass is 403 g/mol. The van der Waals surface area contributed by atoms with E-state index < -0.39 is 0 Å². The molecule has 1 N–H and O–H groups in total. The van der Waals surface area contributed by atoms with Crippen molar-refractivity contribution in [1.82, 2.24) is 4.90 Å². The largest absolute Gasteiger partial charge is 0.377 e. The molecule has 1 aromatic heterocycles. The van der Waals surface area contributed by atoms with Crippen LogP contribution in [0.1, 0.15) is 35.5 Å². The fourth-order valence-electron chi connectivity index (χ4n) is 2.93. The van der Waals surface area contributed by atoms with E-state index in [-0.39, 0.29) is 24.5 Å². The van der Waals surface area contributed by atoms with Gasteiger partial charge in [-0.1, -0.05) is 13.0 Å². The highest BCUT2D eigenvalue weighted by Crippen LogP contribution is 2.27. The molecule has 0 aliphatic heterocycles. The number of nitrogens with zero attached hydrogens (tertiary/aromatic N) is 2. The van der Waals surface area contributed by atoms with E-state index in [4.69, 9.17) is 4.74 Å². The normalized spacial score (nSPS) is 11.8. The third-order valence-corrected chi connectivity index (χ3v) is 5.43. The lowest BCUT2D eigenvalue weighted by Crippen LogP contribution is -2.37. The number of nitrogens with one attached hydrogen (secondary N) is 1. The van der Waals surface area contributed by atoms with Crippen molar-refractivity contribution < 1.29 is 14.3 Å². The highest BCUT2D eigenvalue weighted by molar-refractivity contribution is 7.12. The standard InChI is InChI=1S/C21H29N3O3S/c1-6-15(2)24(21(26)19-8-7-11-28-19)13-16-12-17(22-20(25)14-27-5)9-10-18(16)23(3)4/h7-12,15H,6,13-14H2,1-5H3,(H,22,25)/t15-/m0/s1. The molecule has 0 radical (unpaired) electrons. The molecule has 1 atom stereocenters. The Labute approximate surface area is 171 Å². The maximum absolute atomic E-state index is 13.1. The number of rotatable bonds is 9. The van der Waals surface area contributed by atoms with E-state index in [9.17, 15) is 9.59 Å². The zero-order chi connectivity index (χ0) is 20.7.